The Morgan fingerprint density at radius 3 is 2.47 bits per heavy atom. The first-order chi connectivity index (χ1) is 7.91. The highest BCUT2D eigenvalue weighted by Crippen LogP contribution is 2.34. The number of carbonyl (C=O) groups is 2. The maximum Gasteiger partial charge on any atom is 0.260 e. The molecule has 6 N–H and O–H groups in total. The molecule has 7 heteroatoms. The van der Waals surface area contributed by atoms with Crippen LogP contribution >= 0.6 is 11.3 Å². The van der Waals surface area contributed by atoms with Gasteiger partial charge in [0.25, 0.3) is 5.91 Å². The van der Waals surface area contributed by atoms with Gasteiger partial charge in [0.1, 0.15) is 9.71 Å². The lowest BCUT2D eigenvalue weighted by molar-refractivity contribution is 0.0993. The molecule has 0 fully saturated rings. The summed E-state index contributed by atoms with van der Waals surface area (Å²) in [5, 5.41) is 0.405. The zero-order valence-electron chi connectivity index (χ0n) is 8.98. The summed E-state index contributed by atoms with van der Waals surface area (Å²) in [6.45, 7) is 1.73. The largest absolute Gasteiger partial charge is 0.397 e. The van der Waals surface area contributed by atoms with Crippen molar-refractivity contribution in [1.29, 1.82) is 0 Å². The van der Waals surface area contributed by atoms with Crippen LogP contribution in [0.5, 0.6) is 0 Å². The number of anilines is 1. The van der Waals surface area contributed by atoms with E-state index in [1.54, 1.807) is 13.0 Å². The molecule has 2 aromatic rings. The van der Waals surface area contributed by atoms with Crippen molar-refractivity contribution in [1.82, 2.24) is 4.98 Å². The van der Waals surface area contributed by atoms with Crippen molar-refractivity contribution < 1.29 is 9.59 Å². The Morgan fingerprint density at radius 1 is 1.29 bits per heavy atom. The summed E-state index contributed by atoms with van der Waals surface area (Å²) in [7, 11) is 0. The van der Waals surface area contributed by atoms with Crippen molar-refractivity contribution >= 4 is 39.1 Å². The van der Waals surface area contributed by atoms with E-state index < -0.39 is 11.8 Å². The molecule has 2 aromatic heterocycles. The van der Waals surface area contributed by atoms with Crippen LogP contribution in [-0.4, -0.2) is 16.8 Å². The number of nitrogen functional groups attached to an aromatic ring is 1. The number of amides is 2. The van der Waals surface area contributed by atoms with Gasteiger partial charge in [0.05, 0.1) is 11.3 Å². The Labute approximate surface area is 100 Å². The number of rotatable bonds is 2. The van der Waals surface area contributed by atoms with Gasteiger partial charge in [-0.25, -0.2) is 4.98 Å². The average Bonchev–Trinajstić information content (AvgIpc) is 2.54. The molecule has 0 aliphatic carbocycles. The van der Waals surface area contributed by atoms with Crippen LogP contribution < -0.4 is 17.2 Å². The third-order valence-electron chi connectivity index (χ3n) is 2.32. The van der Waals surface area contributed by atoms with Gasteiger partial charge in [-0.3, -0.25) is 9.59 Å². The topological polar surface area (TPSA) is 125 Å². The normalized spacial score (nSPS) is 10.6. The number of aromatic nitrogens is 1. The van der Waals surface area contributed by atoms with Crippen LogP contribution in [0.1, 0.15) is 25.7 Å². The summed E-state index contributed by atoms with van der Waals surface area (Å²) in [6, 6.07) is 1.54. The first kappa shape index (κ1) is 11.3. The number of fused-ring (bicyclic) bond motifs is 1. The summed E-state index contributed by atoms with van der Waals surface area (Å²) < 4.78 is 0. The quantitative estimate of drug-likeness (QED) is 0.712. The number of hydrogen-bond acceptors (Lipinski definition) is 5. The molecule has 0 spiro atoms. The summed E-state index contributed by atoms with van der Waals surface area (Å²) >= 11 is 1.06. The molecule has 88 valence electrons. The second-order valence-corrected chi connectivity index (χ2v) is 4.56. The highest BCUT2D eigenvalue weighted by molar-refractivity contribution is 7.21. The second kappa shape index (κ2) is 3.70. The molecule has 0 saturated heterocycles. The van der Waals surface area contributed by atoms with Crippen molar-refractivity contribution in [3.63, 3.8) is 0 Å². The van der Waals surface area contributed by atoms with E-state index in [9.17, 15) is 9.59 Å². The SMILES string of the molecule is Cc1cc(C(N)=O)c2c(N)c(C(N)=O)sc2n1. The van der Waals surface area contributed by atoms with E-state index in [1.165, 1.54) is 0 Å². The summed E-state index contributed by atoms with van der Waals surface area (Å²) in [5.41, 5.74) is 17.3. The van der Waals surface area contributed by atoms with Gasteiger partial charge in [0, 0.05) is 11.1 Å². The minimum atomic E-state index is -0.640. The molecule has 0 aliphatic rings. The molecule has 2 rings (SSSR count). The van der Waals surface area contributed by atoms with Gasteiger partial charge >= 0.3 is 0 Å². The fraction of sp³-hybridized carbons (Fsp3) is 0.100. The molecule has 17 heavy (non-hydrogen) atoms. The lowest BCUT2D eigenvalue weighted by Gasteiger charge is -2.01. The fourth-order valence-corrected chi connectivity index (χ4v) is 2.64. The van der Waals surface area contributed by atoms with E-state index in [2.05, 4.69) is 4.98 Å². The van der Waals surface area contributed by atoms with Gasteiger partial charge in [0.15, 0.2) is 0 Å². The monoisotopic (exact) mass is 250 g/mol. The Balaban J connectivity index is 2.92. The molecule has 0 unspecified atom stereocenters. The molecule has 0 bridgehead atoms. The van der Waals surface area contributed by atoms with Crippen LogP contribution in [0.4, 0.5) is 5.69 Å². The van der Waals surface area contributed by atoms with Crippen molar-refractivity contribution in [2.24, 2.45) is 11.5 Å². The average molecular weight is 250 g/mol. The van der Waals surface area contributed by atoms with Gasteiger partial charge in [-0.1, -0.05) is 0 Å². The van der Waals surface area contributed by atoms with Crippen LogP contribution in [-0.2, 0) is 0 Å². The first-order valence-electron chi connectivity index (χ1n) is 4.71. The van der Waals surface area contributed by atoms with Gasteiger partial charge in [-0.15, -0.1) is 11.3 Å². The summed E-state index contributed by atoms with van der Waals surface area (Å²) in [6.07, 6.45) is 0. The van der Waals surface area contributed by atoms with Gasteiger partial charge in [-0.2, -0.15) is 0 Å². The van der Waals surface area contributed by atoms with Gasteiger partial charge < -0.3 is 17.2 Å². The van der Waals surface area contributed by atoms with E-state index in [-0.39, 0.29) is 16.1 Å². The molecule has 0 radical (unpaired) electrons. The van der Waals surface area contributed by atoms with Crippen LogP contribution in [0, 0.1) is 6.92 Å². The number of primary amides is 2. The summed E-state index contributed by atoms with van der Waals surface area (Å²) in [4.78, 5) is 27.4. The molecule has 6 nitrogen and oxygen atoms in total. The number of pyridine rings is 1. The molecule has 0 saturated carbocycles. The minimum Gasteiger partial charge on any atom is -0.397 e. The fourth-order valence-electron chi connectivity index (χ4n) is 1.62. The van der Waals surface area contributed by atoms with Crippen LogP contribution in [0.3, 0.4) is 0 Å². The van der Waals surface area contributed by atoms with Crippen LogP contribution in [0.25, 0.3) is 10.2 Å². The minimum absolute atomic E-state index is 0.166. The van der Waals surface area contributed by atoms with Crippen molar-refractivity contribution in [3.05, 3.63) is 22.2 Å². The van der Waals surface area contributed by atoms with Gasteiger partial charge in [0.2, 0.25) is 5.91 Å². The first-order valence-corrected chi connectivity index (χ1v) is 5.52. The number of nitrogens with zero attached hydrogens (tertiary/aromatic N) is 1. The smallest absolute Gasteiger partial charge is 0.260 e. The van der Waals surface area contributed by atoms with E-state index in [0.717, 1.165) is 11.3 Å². The predicted molar refractivity (Wildman–Crippen MR) is 65.8 cm³/mol. The van der Waals surface area contributed by atoms with E-state index >= 15 is 0 Å². The Morgan fingerprint density at radius 2 is 1.94 bits per heavy atom. The van der Waals surface area contributed by atoms with E-state index in [4.69, 9.17) is 17.2 Å². The van der Waals surface area contributed by atoms with Gasteiger partial charge in [-0.05, 0) is 13.0 Å². The van der Waals surface area contributed by atoms with E-state index in [1.807, 2.05) is 0 Å². The maximum atomic E-state index is 11.3. The molecule has 0 atom stereocenters. The molecule has 0 aliphatic heterocycles. The third-order valence-corrected chi connectivity index (χ3v) is 3.43. The third kappa shape index (κ3) is 1.70. The molecule has 2 heterocycles. The number of nitrogens with two attached hydrogens (primary N) is 3. The predicted octanol–water partition coefficient (Wildman–Crippen LogP) is 0.385. The lowest BCUT2D eigenvalue weighted by atomic mass is 10.1. The molecule has 0 aromatic carbocycles. The van der Waals surface area contributed by atoms with E-state index in [0.29, 0.717) is 15.9 Å². The molecular formula is C10H10N4O2S. The molecular weight excluding hydrogens is 240 g/mol. The van der Waals surface area contributed by atoms with Crippen LogP contribution in [0.2, 0.25) is 0 Å². The Kier molecular flexibility index (Phi) is 2.47. The number of carbonyl (C=O) groups excluding carboxylic acids is 2. The lowest BCUT2D eigenvalue weighted by Crippen LogP contribution is -2.13. The van der Waals surface area contributed by atoms with Crippen molar-refractivity contribution in [2.75, 3.05) is 5.73 Å². The Hall–Kier alpha value is -2.15. The summed E-state index contributed by atoms with van der Waals surface area (Å²) in [5.74, 6) is -1.25. The zero-order valence-corrected chi connectivity index (χ0v) is 9.80. The zero-order chi connectivity index (χ0) is 12.7. The number of hydrogen-bond donors (Lipinski definition) is 3. The van der Waals surface area contributed by atoms with Crippen LogP contribution in [0.15, 0.2) is 6.07 Å². The Bertz CT molecular complexity index is 647. The highest BCUT2D eigenvalue weighted by Gasteiger charge is 2.20. The standard InChI is InChI=1S/C10H10N4O2S/c1-3-2-4(8(12)15)5-6(11)7(9(13)16)17-10(5)14-3/h2H,11H2,1H3,(H2,12,15)(H2,13,16). The number of thiophene rings is 1. The second-order valence-electron chi connectivity index (χ2n) is 3.56. The van der Waals surface area contributed by atoms with Crippen molar-refractivity contribution in [2.45, 2.75) is 6.92 Å². The number of aryl methyl sites for hydroxylation is 1. The molecule has 2 amide bonds. The van der Waals surface area contributed by atoms with Crippen molar-refractivity contribution in [3.8, 4) is 0 Å². The highest BCUT2D eigenvalue weighted by atomic mass is 32.1. The maximum absolute atomic E-state index is 11.3.